The number of hydrogen-bond acceptors (Lipinski definition) is 5. The highest BCUT2D eigenvalue weighted by molar-refractivity contribution is 6.21. The number of allylic oxidation sites excluding steroid dienone is 2. The summed E-state index contributed by atoms with van der Waals surface area (Å²) in [6.45, 7) is 0.242. The van der Waals surface area contributed by atoms with Gasteiger partial charge in [0.15, 0.2) is 6.23 Å². The van der Waals surface area contributed by atoms with Crippen LogP contribution in [0.5, 0.6) is 0 Å². The molecule has 0 radical (unpaired) electrons. The second kappa shape index (κ2) is 5.17. The SMILES string of the molecule is O=C1c2ccccc2C(=O)N1CC[C@@H]1N=C2C=CC=CN2[C@H]1O. The molecule has 4 rings (SSSR count). The topological polar surface area (TPSA) is 73.2 Å². The maximum atomic E-state index is 12.3. The highest BCUT2D eigenvalue weighted by Crippen LogP contribution is 2.25. The summed E-state index contributed by atoms with van der Waals surface area (Å²) < 4.78 is 0. The van der Waals surface area contributed by atoms with Crippen molar-refractivity contribution in [3.8, 4) is 0 Å². The third-order valence-electron chi connectivity index (χ3n) is 4.32. The van der Waals surface area contributed by atoms with Crippen LogP contribution >= 0.6 is 0 Å². The lowest BCUT2D eigenvalue weighted by atomic mass is 10.1. The predicted octanol–water partition coefficient (Wildman–Crippen LogP) is 1.16. The van der Waals surface area contributed by atoms with Crippen molar-refractivity contribution in [2.75, 3.05) is 6.54 Å². The van der Waals surface area contributed by atoms with E-state index in [1.54, 1.807) is 35.4 Å². The Kier molecular flexibility index (Phi) is 3.12. The number of carbonyl (C=O) groups excluding carboxylic acids is 2. The molecule has 0 spiro atoms. The van der Waals surface area contributed by atoms with Crippen LogP contribution in [0.1, 0.15) is 27.1 Å². The molecule has 0 fully saturated rings. The van der Waals surface area contributed by atoms with E-state index < -0.39 is 6.23 Å². The summed E-state index contributed by atoms with van der Waals surface area (Å²) in [5, 5.41) is 10.3. The van der Waals surface area contributed by atoms with Gasteiger partial charge in [0.05, 0.1) is 17.2 Å². The van der Waals surface area contributed by atoms with Crippen molar-refractivity contribution in [2.24, 2.45) is 4.99 Å². The molecule has 3 aliphatic rings. The van der Waals surface area contributed by atoms with Crippen molar-refractivity contribution >= 4 is 17.6 Å². The molecule has 23 heavy (non-hydrogen) atoms. The average molecular weight is 309 g/mol. The highest BCUT2D eigenvalue weighted by Gasteiger charge is 2.38. The molecule has 3 aliphatic heterocycles. The van der Waals surface area contributed by atoms with Crippen LogP contribution in [0.4, 0.5) is 0 Å². The molecule has 0 bridgehead atoms. The van der Waals surface area contributed by atoms with Gasteiger partial charge in [0, 0.05) is 12.7 Å². The molecule has 0 saturated heterocycles. The van der Waals surface area contributed by atoms with Crippen LogP contribution in [-0.4, -0.2) is 51.4 Å². The molecule has 3 heterocycles. The van der Waals surface area contributed by atoms with Crippen molar-refractivity contribution < 1.29 is 14.7 Å². The van der Waals surface area contributed by atoms with Crippen molar-refractivity contribution in [2.45, 2.75) is 18.7 Å². The molecule has 0 aliphatic carbocycles. The Labute approximate surface area is 133 Å². The second-order valence-electron chi connectivity index (χ2n) is 5.67. The molecule has 1 aromatic rings. The molecule has 0 unspecified atom stereocenters. The van der Waals surface area contributed by atoms with Crippen LogP contribution in [0.15, 0.2) is 53.7 Å². The monoisotopic (exact) mass is 309 g/mol. The van der Waals surface area contributed by atoms with Gasteiger partial charge < -0.3 is 10.0 Å². The quantitative estimate of drug-likeness (QED) is 0.850. The molecule has 1 N–H and O–H groups in total. The zero-order valence-electron chi connectivity index (χ0n) is 12.3. The zero-order chi connectivity index (χ0) is 16.0. The van der Waals surface area contributed by atoms with E-state index in [1.165, 1.54) is 4.90 Å². The van der Waals surface area contributed by atoms with Gasteiger partial charge in [0.2, 0.25) is 0 Å². The van der Waals surface area contributed by atoms with Crippen molar-refractivity contribution in [1.29, 1.82) is 0 Å². The minimum Gasteiger partial charge on any atom is -0.371 e. The van der Waals surface area contributed by atoms with Gasteiger partial charge in [-0.2, -0.15) is 0 Å². The first kappa shape index (κ1) is 13.9. The second-order valence-corrected chi connectivity index (χ2v) is 5.67. The van der Waals surface area contributed by atoms with E-state index in [0.717, 1.165) is 0 Å². The normalized spacial score (nSPS) is 25.0. The maximum absolute atomic E-state index is 12.3. The summed E-state index contributed by atoms with van der Waals surface area (Å²) in [7, 11) is 0. The number of aliphatic hydroxyl groups is 1. The fourth-order valence-corrected chi connectivity index (χ4v) is 3.12. The predicted molar refractivity (Wildman–Crippen MR) is 83.8 cm³/mol. The lowest BCUT2D eigenvalue weighted by molar-refractivity contribution is 0.0561. The maximum Gasteiger partial charge on any atom is 0.261 e. The Morgan fingerprint density at radius 2 is 1.78 bits per heavy atom. The number of imide groups is 1. The van der Waals surface area contributed by atoms with Crippen molar-refractivity contribution in [1.82, 2.24) is 9.80 Å². The molecule has 2 atom stereocenters. The van der Waals surface area contributed by atoms with Gasteiger partial charge in [-0.3, -0.25) is 19.5 Å². The molecular weight excluding hydrogens is 294 g/mol. The molecule has 116 valence electrons. The van der Waals surface area contributed by atoms with Crippen LogP contribution < -0.4 is 0 Å². The number of amidine groups is 1. The van der Waals surface area contributed by atoms with Gasteiger partial charge in [-0.15, -0.1) is 0 Å². The van der Waals surface area contributed by atoms with Crippen LogP contribution in [0.25, 0.3) is 0 Å². The molecular formula is C17H15N3O3. The third kappa shape index (κ3) is 2.10. The fraction of sp³-hybridized carbons (Fsp3) is 0.235. The van der Waals surface area contributed by atoms with Gasteiger partial charge >= 0.3 is 0 Å². The number of benzene rings is 1. The van der Waals surface area contributed by atoms with E-state index in [-0.39, 0.29) is 24.4 Å². The average Bonchev–Trinajstić information content (AvgIpc) is 3.02. The van der Waals surface area contributed by atoms with Crippen LogP contribution in [0.3, 0.4) is 0 Å². The van der Waals surface area contributed by atoms with E-state index in [9.17, 15) is 14.7 Å². The van der Waals surface area contributed by atoms with Crippen LogP contribution in [0, 0.1) is 0 Å². The van der Waals surface area contributed by atoms with Crippen molar-refractivity contribution in [3.05, 3.63) is 59.8 Å². The third-order valence-corrected chi connectivity index (χ3v) is 4.32. The summed E-state index contributed by atoms with van der Waals surface area (Å²) >= 11 is 0. The van der Waals surface area contributed by atoms with E-state index in [4.69, 9.17) is 0 Å². The minimum absolute atomic E-state index is 0.242. The number of fused-ring (bicyclic) bond motifs is 2. The first-order valence-corrected chi connectivity index (χ1v) is 7.51. The van der Waals surface area contributed by atoms with Gasteiger partial charge in [0.25, 0.3) is 11.8 Å². The van der Waals surface area contributed by atoms with E-state index in [2.05, 4.69) is 4.99 Å². The Morgan fingerprint density at radius 1 is 1.09 bits per heavy atom. The first-order chi connectivity index (χ1) is 11.2. The Bertz CT molecular complexity index is 746. The molecule has 6 heteroatoms. The molecule has 0 saturated carbocycles. The largest absolute Gasteiger partial charge is 0.371 e. The van der Waals surface area contributed by atoms with E-state index >= 15 is 0 Å². The first-order valence-electron chi connectivity index (χ1n) is 7.51. The number of rotatable bonds is 3. The van der Waals surface area contributed by atoms with Gasteiger partial charge in [0.1, 0.15) is 5.84 Å². The van der Waals surface area contributed by atoms with E-state index in [1.807, 2.05) is 18.2 Å². The van der Waals surface area contributed by atoms with Gasteiger partial charge in [-0.1, -0.05) is 18.2 Å². The minimum atomic E-state index is -0.763. The molecule has 0 aromatic heterocycles. The zero-order valence-corrected chi connectivity index (χ0v) is 12.3. The number of nitrogens with zero attached hydrogens (tertiary/aromatic N) is 3. The Balaban J connectivity index is 1.48. The number of hydrogen-bond donors (Lipinski definition) is 1. The smallest absolute Gasteiger partial charge is 0.261 e. The summed E-state index contributed by atoms with van der Waals surface area (Å²) in [6, 6.07) is 6.46. The van der Waals surface area contributed by atoms with E-state index in [0.29, 0.717) is 23.4 Å². The fourth-order valence-electron chi connectivity index (χ4n) is 3.12. The summed E-state index contributed by atoms with van der Waals surface area (Å²) in [5.74, 6) is 0.152. The van der Waals surface area contributed by atoms with Crippen LogP contribution in [-0.2, 0) is 0 Å². The van der Waals surface area contributed by atoms with Crippen LogP contribution in [0.2, 0.25) is 0 Å². The summed E-state index contributed by atoms with van der Waals surface area (Å²) in [5.41, 5.74) is 0.887. The standard InChI is InChI=1S/C17H15N3O3/c21-15-11-5-1-2-6-12(11)16(22)20(15)10-8-13-17(23)19-9-4-3-7-14(19)18-13/h1-7,9,13,17,23H,8,10H2/t13-,17-/m0/s1. The van der Waals surface area contributed by atoms with Crippen molar-refractivity contribution in [3.63, 3.8) is 0 Å². The number of aliphatic hydroxyl groups excluding tert-OH is 1. The number of aliphatic imine (C=N–C) groups is 1. The summed E-state index contributed by atoms with van der Waals surface area (Å²) in [4.78, 5) is 32.0. The lowest BCUT2D eigenvalue weighted by Gasteiger charge is -2.23. The number of carbonyl (C=O) groups is 2. The molecule has 1 aromatic carbocycles. The molecule has 6 nitrogen and oxygen atoms in total. The lowest BCUT2D eigenvalue weighted by Crippen LogP contribution is -2.38. The van der Waals surface area contributed by atoms with Gasteiger partial charge in [-0.25, -0.2) is 0 Å². The summed E-state index contributed by atoms with van der Waals surface area (Å²) in [6.07, 6.45) is 6.94. The Hall–Kier alpha value is -2.73. The Morgan fingerprint density at radius 3 is 2.43 bits per heavy atom. The van der Waals surface area contributed by atoms with Gasteiger partial charge in [-0.05, 0) is 30.7 Å². The molecule has 2 amide bonds. The number of amides is 2. The highest BCUT2D eigenvalue weighted by atomic mass is 16.3.